The molecule has 0 bridgehead atoms. The zero-order valence-electron chi connectivity index (χ0n) is 24.0. The minimum absolute atomic E-state index is 0.0704. The van der Waals surface area contributed by atoms with Crippen LogP contribution in [0, 0.1) is 0 Å². The van der Waals surface area contributed by atoms with Crippen LogP contribution < -0.4 is 10.1 Å². The van der Waals surface area contributed by atoms with E-state index in [4.69, 9.17) is 4.74 Å². The number of ether oxygens (including phenoxy) is 1. The normalized spacial score (nSPS) is 14.7. The monoisotopic (exact) mass is 562 g/mol. The molecule has 0 spiro atoms. The largest absolute Gasteiger partial charge is 0.494 e. The molecular weight excluding hydrogens is 520 g/mol. The molecule has 1 N–H and O–H groups in total. The van der Waals surface area contributed by atoms with Crippen molar-refractivity contribution in [2.45, 2.75) is 56.8 Å². The summed E-state index contributed by atoms with van der Waals surface area (Å²) in [4.78, 5) is 15.4. The van der Waals surface area contributed by atoms with Crippen molar-refractivity contribution in [1.29, 1.82) is 0 Å². The third-order valence-electron chi connectivity index (χ3n) is 7.76. The van der Waals surface area contributed by atoms with Crippen LogP contribution in [0.5, 0.6) is 5.75 Å². The molecule has 1 heterocycles. The number of unbranched alkanes of at least 4 members (excludes halogenated alkanes) is 1. The highest BCUT2D eigenvalue weighted by atomic mass is 32.2. The van der Waals surface area contributed by atoms with Gasteiger partial charge in [-0.1, -0.05) is 43.3 Å². The summed E-state index contributed by atoms with van der Waals surface area (Å²) in [5.41, 5.74) is 5.16. The maximum absolute atomic E-state index is 12.6. The minimum atomic E-state index is -3.22. The van der Waals surface area contributed by atoms with Gasteiger partial charge in [-0.2, -0.15) is 0 Å². The number of nitrogens with one attached hydrogen (secondary N) is 1. The summed E-state index contributed by atoms with van der Waals surface area (Å²) in [6, 6.07) is 20.9. The number of aryl methyl sites for hydroxylation is 1. The molecule has 1 amide bonds. The molecule has 1 aliphatic heterocycles. The Hall–Kier alpha value is -3.16. The van der Waals surface area contributed by atoms with Gasteiger partial charge in [0.2, 0.25) is 0 Å². The lowest BCUT2D eigenvalue weighted by molar-refractivity contribution is 0.0952. The van der Waals surface area contributed by atoms with Crippen molar-refractivity contribution in [2.75, 3.05) is 39.0 Å². The van der Waals surface area contributed by atoms with Gasteiger partial charge in [-0.25, -0.2) is 8.42 Å². The fourth-order valence-electron chi connectivity index (χ4n) is 5.36. The van der Waals surface area contributed by atoms with Gasteiger partial charge in [0.25, 0.3) is 5.91 Å². The summed E-state index contributed by atoms with van der Waals surface area (Å²) in [6.07, 6.45) is 6.54. The molecule has 0 radical (unpaired) electrons. The van der Waals surface area contributed by atoms with Crippen LogP contribution >= 0.6 is 0 Å². The van der Waals surface area contributed by atoms with E-state index < -0.39 is 9.84 Å². The zero-order valence-corrected chi connectivity index (χ0v) is 24.8. The number of nitrogens with zero attached hydrogens (tertiary/aromatic N) is 1. The highest BCUT2D eigenvalue weighted by molar-refractivity contribution is 7.90. The van der Waals surface area contributed by atoms with E-state index in [1.165, 1.54) is 17.4 Å². The number of rotatable bonds is 12. The number of likely N-dealkylation sites (tertiary alicyclic amines) is 1. The van der Waals surface area contributed by atoms with Crippen LogP contribution in [0.15, 0.2) is 71.6 Å². The van der Waals surface area contributed by atoms with Gasteiger partial charge in [0.1, 0.15) is 5.75 Å². The molecule has 0 aromatic heterocycles. The van der Waals surface area contributed by atoms with Crippen LogP contribution in [-0.4, -0.2) is 58.3 Å². The average Bonchev–Trinajstić information content (AvgIpc) is 2.97. The summed E-state index contributed by atoms with van der Waals surface area (Å²) in [7, 11) is -3.22. The van der Waals surface area contributed by atoms with E-state index in [0.717, 1.165) is 68.6 Å². The van der Waals surface area contributed by atoms with Crippen molar-refractivity contribution in [3.8, 4) is 16.9 Å². The van der Waals surface area contributed by atoms with Gasteiger partial charge in [0, 0.05) is 18.4 Å². The van der Waals surface area contributed by atoms with Gasteiger partial charge in [-0.05, 0) is 117 Å². The first-order valence-corrected chi connectivity index (χ1v) is 16.3. The maximum atomic E-state index is 12.6. The van der Waals surface area contributed by atoms with E-state index in [9.17, 15) is 13.2 Å². The van der Waals surface area contributed by atoms with Crippen LogP contribution in [0.3, 0.4) is 0 Å². The highest BCUT2D eigenvalue weighted by Crippen LogP contribution is 2.35. The average molecular weight is 563 g/mol. The van der Waals surface area contributed by atoms with Gasteiger partial charge < -0.3 is 15.0 Å². The smallest absolute Gasteiger partial charge is 0.251 e. The zero-order chi connectivity index (χ0) is 28.5. The second-order valence-electron chi connectivity index (χ2n) is 10.6. The van der Waals surface area contributed by atoms with E-state index in [1.54, 1.807) is 24.3 Å². The van der Waals surface area contributed by atoms with Gasteiger partial charge in [-0.3, -0.25) is 4.79 Å². The van der Waals surface area contributed by atoms with E-state index in [1.807, 2.05) is 24.3 Å². The third kappa shape index (κ3) is 7.95. The third-order valence-corrected chi connectivity index (χ3v) is 8.89. The second kappa shape index (κ2) is 14.0. The number of sulfone groups is 1. The van der Waals surface area contributed by atoms with E-state index in [0.29, 0.717) is 29.5 Å². The Bertz CT molecular complexity index is 1360. The predicted molar refractivity (Wildman–Crippen MR) is 162 cm³/mol. The SMILES string of the molecule is CCOc1cc(CC)ccc1C1CCN(CCCCNC(=O)c2ccc(-c3ccc(S(C)(=O)=O)cc3)cc2)CC1. The molecule has 0 aliphatic carbocycles. The molecule has 40 heavy (non-hydrogen) atoms. The summed E-state index contributed by atoms with van der Waals surface area (Å²) < 4.78 is 29.3. The molecule has 1 saturated heterocycles. The standard InChI is InChI=1S/C33H42N2O4S/c1-4-25-8-17-31(32(24-25)39-5-2)28-18-22-35(23-19-28)21-7-6-20-34-33(36)29-11-9-26(10-12-29)27-13-15-30(16-14-27)40(3,37)38/h8-17,24,28H,4-7,18-23H2,1-3H3,(H,34,36). The van der Waals surface area contributed by atoms with Crippen LogP contribution in [0.4, 0.5) is 0 Å². The molecule has 0 saturated carbocycles. The molecule has 214 valence electrons. The van der Waals surface area contributed by atoms with Crippen LogP contribution in [0.2, 0.25) is 0 Å². The van der Waals surface area contributed by atoms with Crippen molar-refractivity contribution in [1.82, 2.24) is 10.2 Å². The molecule has 0 unspecified atom stereocenters. The van der Waals surface area contributed by atoms with Crippen LogP contribution in [0.25, 0.3) is 11.1 Å². The van der Waals surface area contributed by atoms with Crippen molar-refractivity contribution in [2.24, 2.45) is 0 Å². The number of carbonyl (C=O) groups excluding carboxylic acids is 1. The van der Waals surface area contributed by atoms with Gasteiger partial charge in [-0.15, -0.1) is 0 Å². The number of hydrogen-bond acceptors (Lipinski definition) is 5. The molecule has 1 fully saturated rings. The Kier molecular flexibility index (Phi) is 10.4. The van der Waals surface area contributed by atoms with Crippen LogP contribution in [0.1, 0.15) is 66.9 Å². The first-order valence-electron chi connectivity index (χ1n) is 14.4. The predicted octanol–water partition coefficient (Wildman–Crippen LogP) is 6.11. The Balaban J connectivity index is 1.17. The lowest BCUT2D eigenvalue weighted by Gasteiger charge is -2.33. The van der Waals surface area contributed by atoms with Crippen molar-refractivity contribution in [3.05, 3.63) is 83.4 Å². The molecule has 3 aromatic carbocycles. The Morgan fingerprint density at radius 2 is 1.57 bits per heavy atom. The van der Waals surface area contributed by atoms with Crippen molar-refractivity contribution < 1.29 is 17.9 Å². The molecule has 7 heteroatoms. The quantitative estimate of drug-likeness (QED) is 0.270. The fourth-order valence-corrected chi connectivity index (χ4v) is 5.99. The fraction of sp³-hybridized carbons (Fsp3) is 0.424. The lowest BCUT2D eigenvalue weighted by atomic mass is 9.88. The Labute approximate surface area is 239 Å². The Morgan fingerprint density at radius 3 is 2.17 bits per heavy atom. The molecule has 1 aliphatic rings. The minimum Gasteiger partial charge on any atom is -0.494 e. The first-order chi connectivity index (χ1) is 19.3. The van der Waals surface area contributed by atoms with Gasteiger partial charge >= 0.3 is 0 Å². The first kappa shape index (κ1) is 29.8. The van der Waals surface area contributed by atoms with Crippen molar-refractivity contribution in [3.63, 3.8) is 0 Å². The molecule has 3 aromatic rings. The van der Waals surface area contributed by atoms with Crippen LogP contribution in [-0.2, 0) is 16.3 Å². The second-order valence-corrected chi connectivity index (χ2v) is 12.6. The number of amides is 1. The van der Waals surface area contributed by atoms with E-state index in [2.05, 4.69) is 42.3 Å². The summed E-state index contributed by atoms with van der Waals surface area (Å²) in [6.45, 7) is 8.84. The van der Waals surface area contributed by atoms with Crippen molar-refractivity contribution >= 4 is 15.7 Å². The van der Waals surface area contributed by atoms with E-state index in [-0.39, 0.29) is 5.91 Å². The summed E-state index contributed by atoms with van der Waals surface area (Å²) in [5, 5.41) is 3.04. The topological polar surface area (TPSA) is 75.7 Å². The molecule has 6 nitrogen and oxygen atoms in total. The molecular formula is C33H42N2O4S. The summed E-state index contributed by atoms with van der Waals surface area (Å²) >= 11 is 0. The highest BCUT2D eigenvalue weighted by Gasteiger charge is 2.23. The van der Waals surface area contributed by atoms with Gasteiger partial charge in [0.15, 0.2) is 9.84 Å². The number of piperidine rings is 1. The molecule has 0 atom stereocenters. The summed E-state index contributed by atoms with van der Waals surface area (Å²) in [5.74, 6) is 1.55. The maximum Gasteiger partial charge on any atom is 0.251 e. The van der Waals surface area contributed by atoms with Gasteiger partial charge in [0.05, 0.1) is 11.5 Å². The lowest BCUT2D eigenvalue weighted by Crippen LogP contribution is -2.34. The number of benzene rings is 3. The number of carbonyl (C=O) groups is 1. The number of hydrogen-bond donors (Lipinski definition) is 1. The van der Waals surface area contributed by atoms with E-state index >= 15 is 0 Å². The Morgan fingerprint density at radius 1 is 0.925 bits per heavy atom. The molecule has 4 rings (SSSR count).